The summed E-state index contributed by atoms with van der Waals surface area (Å²) in [7, 11) is 1.85. The lowest BCUT2D eigenvalue weighted by Crippen LogP contribution is -2.42. The zero-order valence-electron chi connectivity index (χ0n) is 24.7. The minimum atomic E-state index is -0.704. The van der Waals surface area contributed by atoms with Gasteiger partial charge in [-0.1, -0.05) is 18.5 Å². The molecule has 2 amide bonds. The molecule has 1 aliphatic carbocycles. The second-order valence-corrected chi connectivity index (χ2v) is 12.5. The summed E-state index contributed by atoms with van der Waals surface area (Å²) in [5.41, 5.74) is 1.95. The zero-order chi connectivity index (χ0) is 30.8. The van der Waals surface area contributed by atoms with E-state index in [1.165, 1.54) is 17.3 Å². The number of ether oxygens (including phenoxy) is 2. The summed E-state index contributed by atoms with van der Waals surface area (Å²) in [5.74, 6) is -0.133. The maximum absolute atomic E-state index is 15.8. The van der Waals surface area contributed by atoms with Crippen LogP contribution < -0.4 is 15.0 Å². The third kappa shape index (κ3) is 5.26. The third-order valence-electron chi connectivity index (χ3n) is 7.94. The molecule has 224 valence electrons. The molecule has 1 N–H and O–H groups in total. The molecular formula is C31H32ClFN6O4. The number of benzene rings is 1. The number of aromatic nitrogens is 4. The van der Waals surface area contributed by atoms with Crippen LogP contribution in [-0.2, 0) is 16.6 Å². The van der Waals surface area contributed by atoms with E-state index in [9.17, 15) is 9.59 Å². The zero-order valence-corrected chi connectivity index (χ0v) is 25.5. The van der Waals surface area contributed by atoms with Gasteiger partial charge in [0.15, 0.2) is 0 Å². The van der Waals surface area contributed by atoms with Crippen molar-refractivity contribution in [1.29, 1.82) is 0 Å². The van der Waals surface area contributed by atoms with E-state index in [1.54, 1.807) is 50.7 Å². The first kappa shape index (κ1) is 28.9. The first-order chi connectivity index (χ1) is 20.3. The number of amides is 2. The number of carbonyl (C=O) groups excluding carboxylic acids is 2. The molecule has 3 aromatic heterocycles. The molecule has 10 nitrogen and oxygen atoms in total. The summed E-state index contributed by atoms with van der Waals surface area (Å²) < 4.78 is 28.8. The Labute approximate surface area is 253 Å². The highest BCUT2D eigenvalue weighted by molar-refractivity contribution is 6.36. The SMILES string of the molecule is Cc1c(-c2cc3cc(NC(=O)[C@H]4C(C)[C@@H]4c4cnn(C)c4)ncc3c(Cl)c2F)cnc2c1N(C(=O)OC(C)(C)C)CCO2. The van der Waals surface area contributed by atoms with Gasteiger partial charge < -0.3 is 14.8 Å². The van der Waals surface area contributed by atoms with E-state index >= 15 is 4.39 Å². The standard InChI is InChI=1S/C31H32ClFN6O4/c1-15-20(12-35-29-27(15)39(7-8-42-29)30(41)43-31(3,4)5)19-9-17-10-22(34-13-21(17)25(32)26(19)33)37-28(40)24-16(2)23(24)18-11-36-38(6)14-18/h9-14,16,23-24H,7-8H2,1-6H3,(H,34,37,40)/t16?,23-,24+/m1/s1. The van der Waals surface area contributed by atoms with Gasteiger partial charge in [-0.3, -0.25) is 14.4 Å². The van der Waals surface area contributed by atoms with Crippen LogP contribution >= 0.6 is 11.6 Å². The predicted octanol–water partition coefficient (Wildman–Crippen LogP) is 6.25. The number of rotatable bonds is 4. The largest absolute Gasteiger partial charge is 0.474 e. The van der Waals surface area contributed by atoms with Gasteiger partial charge in [-0.15, -0.1) is 0 Å². The van der Waals surface area contributed by atoms with E-state index in [0.717, 1.165) is 5.56 Å². The van der Waals surface area contributed by atoms with Crippen molar-refractivity contribution in [2.45, 2.75) is 46.1 Å². The lowest BCUT2D eigenvalue weighted by Gasteiger charge is -2.32. The fourth-order valence-electron chi connectivity index (χ4n) is 5.80. The topological polar surface area (TPSA) is 111 Å². The van der Waals surface area contributed by atoms with Crippen LogP contribution in [0.15, 0.2) is 36.9 Å². The minimum absolute atomic E-state index is 0.0907. The first-order valence-electron chi connectivity index (χ1n) is 14.0. The van der Waals surface area contributed by atoms with Crippen molar-refractivity contribution < 1.29 is 23.5 Å². The molecule has 4 aromatic rings. The normalized spacial score (nSPS) is 19.5. The van der Waals surface area contributed by atoms with Crippen molar-refractivity contribution in [3.05, 3.63) is 58.9 Å². The molecule has 3 atom stereocenters. The maximum atomic E-state index is 15.8. The highest BCUT2D eigenvalue weighted by Gasteiger charge is 2.53. The summed E-state index contributed by atoms with van der Waals surface area (Å²) in [4.78, 5) is 36.4. The average molecular weight is 607 g/mol. The van der Waals surface area contributed by atoms with Gasteiger partial charge in [0.1, 0.15) is 29.5 Å². The van der Waals surface area contributed by atoms with Crippen LogP contribution in [0, 0.1) is 24.6 Å². The molecule has 0 spiro atoms. The molecule has 1 saturated carbocycles. The molecule has 2 aliphatic rings. The van der Waals surface area contributed by atoms with Gasteiger partial charge in [0.05, 0.1) is 17.8 Å². The lowest BCUT2D eigenvalue weighted by molar-refractivity contribution is -0.117. The molecule has 4 heterocycles. The molecule has 1 aromatic carbocycles. The second-order valence-electron chi connectivity index (χ2n) is 12.1. The smallest absolute Gasteiger partial charge is 0.415 e. The van der Waals surface area contributed by atoms with Crippen LogP contribution in [-0.4, -0.2) is 50.5 Å². The number of anilines is 2. The Kier molecular flexibility index (Phi) is 7.03. The number of nitrogens with one attached hydrogen (secondary N) is 1. The quantitative estimate of drug-likeness (QED) is 0.292. The third-order valence-corrected chi connectivity index (χ3v) is 8.31. The molecule has 12 heteroatoms. The maximum Gasteiger partial charge on any atom is 0.415 e. The molecule has 6 rings (SSSR count). The van der Waals surface area contributed by atoms with Gasteiger partial charge in [-0.2, -0.15) is 5.10 Å². The van der Waals surface area contributed by atoms with Crippen molar-refractivity contribution in [3.8, 4) is 17.0 Å². The van der Waals surface area contributed by atoms with E-state index in [-0.39, 0.29) is 53.3 Å². The van der Waals surface area contributed by atoms with Gasteiger partial charge >= 0.3 is 6.09 Å². The van der Waals surface area contributed by atoms with Gasteiger partial charge in [0.25, 0.3) is 0 Å². The molecular weight excluding hydrogens is 575 g/mol. The fraction of sp³-hybridized carbons (Fsp3) is 0.387. The van der Waals surface area contributed by atoms with Gasteiger partial charge in [-0.25, -0.2) is 19.2 Å². The van der Waals surface area contributed by atoms with Crippen molar-refractivity contribution in [2.75, 3.05) is 23.4 Å². The highest BCUT2D eigenvalue weighted by Crippen LogP contribution is 2.54. The summed E-state index contributed by atoms with van der Waals surface area (Å²) in [6.45, 7) is 9.67. The molecule has 1 fully saturated rings. The van der Waals surface area contributed by atoms with Gasteiger partial charge in [0.2, 0.25) is 11.8 Å². The van der Waals surface area contributed by atoms with E-state index in [1.807, 2.05) is 20.2 Å². The van der Waals surface area contributed by atoms with Crippen LogP contribution in [0.4, 0.5) is 20.7 Å². The Hall–Kier alpha value is -4.25. The van der Waals surface area contributed by atoms with E-state index in [0.29, 0.717) is 33.4 Å². The highest BCUT2D eigenvalue weighted by atomic mass is 35.5. The number of hydrogen-bond donors (Lipinski definition) is 1. The number of nitrogens with zero attached hydrogens (tertiary/aromatic N) is 5. The van der Waals surface area contributed by atoms with Crippen LogP contribution in [0.1, 0.15) is 44.7 Å². The van der Waals surface area contributed by atoms with Crippen molar-refractivity contribution in [1.82, 2.24) is 19.7 Å². The number of fused-ring (bicyclic) bond motifs is 2. The molecule has 0 radical (unpaired) electrons. The molecule has 43 heavy (non-hydrogen) atoms. The first-order valence-corrected chi connectivity index (χ1v) is 14.4. The second kappa shape index (κ2) is 10.5. The fourth-order valence-corrected chi connectivity index (χ4v) is 6.06. The monoisotopic (exact) mass is 606 g/mol. The van der Waals surface area contributed by atoms with Crippen LogP contribution in [0.2, 0.25) is 5.02 Å². The van der Waals surface area contributed by atoms with Crippen molar-refractivity contribution >= 4 is 45.9 Å². The Morgan fingerprint density at radius 2 is 1.93 bits per heavy atom. The van der Waals surface area contributed by atoms with Crippen molar-refractivity contribution in [2.24, 2.45) is 18.9 Å². The summed E-state index contributed by atoms with van der Waals surface area (Å²) in [5, 5.41) is 8.01. The van der Waals surface area contributed by atoms with E-state index < -0.39 is 17.5 Å². The Morgan fingerprint density at radius 1 is 1.16 bits per heavy atom. The van der Waals surface area contributed by atoms with Crippen LogP contribution in [0.3, 0.4) is 0 Å². The van der Waals surface area contributed by atoms with Crippen molar-refractivity contribution in [3.63, 3.8) is 0 Å². The number of hydrogen-bond acceptors (Lipinski definition) is 7. The molecule has 0 saturated heterocycles. The number of aryl methyl sites for hydroxylation is 1. The van der Waals surface area contributed by atoms with E-state index in [4.69, 9.17) is 21.1 Å². The summed E-state index contributed by atoms with van der Waals surface area (Å²) in [6, 6.07) is 3.31. The molecule has 1 aliphatic heterocycles. The Balaban J connectivity index is 1.33. The summed E-state index contributed by atoms with van der Waals surface area (Å²) in [6.07, 6.45) is 6.13. The van der Waals surface area contributed by atoms with Crippen LogP contribution in [0.5, 0.6) is 5.88 Å². The number of pyridine rings is 2. The Bertz CT molecular complexity index is 1780. The van der Waals surface area contributed by atoms with E-state index in [2.05, 4.69) is 20.4 Å². The van der Waals surface area contributed by atoms with Gasteiger partial charge in [0, 0.05) is 54.0 Å². The molecule has 0 bridgehead atoms. The number of halogens is 2. The summed E-state index contributed by atoms with van der Waals surface area (Å²) >= 11 is 6.52. The minimum Gasteiger partial charge on any atom is -0.474 e. The van der Waals surface area contributed by atoms with Crippen LogP contribution in [0.25, 0.3) is 21.9 Å². The Morgan fingerprint density at radius 3 is 2.63 bits per heavy atom. The average Bonchev–Trinajstić information content (AvgIpc) is 3.43. The lowest BCUT2D eigenvalue weighted by atomic mass is 9.97. The van der Waals surface area contributed by atoms with Gasteiger partial charge in [-0.05, 0) is 62.3 Å². The predicted molar refractivity (Wildman–Crippen MR) is 161 cm³/mol. The number of carbonyl (C=O) groups is 2. The molecule has 1 unspecified atom stereocenters.